The van der Waals surface area contributed by atoms with Gasteiger partial charge in [0.1, 0.15) is 0 Å². The Morgan fingerprint density at radius 2 is 1.85 bits per heavy atom. The summed E-state index contributed by atoms with van der Waals surface area (Å²) in [6.45, 7) is 3.04. The van der Waals surface area contributed by atoms with Gasteiger partial charge < -0.3 is 10.2 Å². The first-order chi connectivity index (χ1) is 12.5. The number of hydrogen-bond acceptors (Lipinski definition) is 3. The lowest BCUT2D eigenvalue weighted by molar-refractivity contribution is -0.120. The molecular weight excluding hydrogens is 326 g/mol. The Labute approximate surface area is 154 Å². The van der Waals surface area contributed by atoms with Crippen LogP contribution in [0.5, 0.6) is 0 Å². The lowest BCUT2D eigenvalue weighted by Crippen LogP contribution is -2.44. The number of nitrogens with one attached hydrogen (secondary N) is 1. The molecule has 0 saturated heterocycles. The van der Waals surface area contributed by atoms with Crippen LogP contribution in [0.15, 0.2) is 54.6 Å². The SMILES string of the molecule is C[C@@H]1CC(=O)Nc2ccccc2N1C(=O)CN(C)CCc1ccccc1. The Morgan fingerprint density at radius 3 is 2.62 bits per heavy atom. The van der Waals surface area contributed by atoms with Crippen LogP contribution < -0.4 is 10.2 Å². The smallest absolute Gasteiger partial charge is 0.241 e. The van der Waals surface area contributed by atoms with Crippen molar-refractivity contribution in [1.82, 2.24) is 4.90 Å². The second-order valence-corrected chi connectivity index (χ2v) is 6.86. The molecule has 2 amide bonds. The van der Waals surface area contributed by atoms with Crippen molar-refractivity contribution in [3.63, 3.8) is 0 Å². The first kappa shape index (κ1) is 18.1. The molecule has 0 aliphatic carbocycles. The number of likely N-dealkylation sites (N-methyl/N-ethyl adjacent to an activating group) is 1. The maximum Gasteiger partial charge on any atom is 0.241 e. The molecule has 0 radical (unpaired) electrons. The van der Waals surface area contributed by atoms with E-state index in [1.165, 1.54) is 5.56 Å². The number of benzene rings is 2. The lowest BCUT2D eigenvalue weighted by Gasteiger charge is -2.29. The molecule has 1 heterocycles. The summed E-state index contributed by atoms with van der Waals surface area (Å²) in [4.78, 5) is 28.8. The van der Waals surface area contributed by atoms with Gasteiger partial charge in [0.25, 0.3) is 0 Å². The molecule has 1 aliphatic heterocycles. The Kier molecular flexibility index (Phi) is 5.68. The van der Waals surface area contributed by atoms with Gasteiger partial charge in [0.15, 0.2) is 0 Å². The van der Waals surface area contributed by atoms with E-state index in [9.17, 15) is 9.59 Å². The summed E-state index contributed by atoms with van der Waals surface area (Å²) in [5, 5.41) is 2.89. The molecule has 0 spiro atoms. The summed E-state index contributed by atoms with van der Waals surface area (Å²) in [6, 6.07) is 17.6. The molecule has 0 aromatic heterocycles. The molecule has 0 saturated carbocycles. The minimum atomic E-state index is -0.173. The molecule has 0 fully saturated rings. The van der Waals surface area contributed by atoms with Crippen LogP contribution in [0.4, 0.5) is 11.4 Å². The first-order valence-corrected chi connectivity index (χ1v) is 8.98. The summed E-state index contributed by atoms with van der Waals surface area (Å²) < 4.78 is 0. The predicted molar refractivity (Wildman–Crippen MR) is 104 cm³/mol. The maximum atomic E-state index is 13.0. The Morgan fingerprint density at radius 1 is 1.15 bits per heavy atom. The number of carbonyl (C=O) groups is 2. The molecule has 1 N–H and O–H groups in total. The number of nitrogens with zero attached hydrogens (tertiary/aromatic N) is 2. The van der Waals surface area contributed by atoms with Crippen molar-refractivity contribution >= 4 is 23.2 Å². The molecule has 3 rings (SSSR count). The van der Waals surface area contributed by atoms with E-state index in [-0.39, 0.29) is 17.9 Å². The highest BCUT2D eigenvalue weighted by molar-refractivity contribution is 6.04. The number of amides is 2. The zero-order valence-corrected chi connectivity index (χ0v) is 15.3. The minimum absolute atomic E-state index is 0.0111. The van der Waals surface area contributed by atoms with Crippen LogP contribution in [0.1, 0.15) is 18.9 Å². The first-order valence-electron chi connectivity index (χ1n) is 8.98. The number of rotatable bonds is 5. The van der Waals surface area contributed by atoms with Gasteiger partial charge in [-0.2, -0.15) is 0 Å². The highest BCUT2D eigenvalue weighted by atomic mass is 16.2. The maximum absolute atomic E-state index is 13.0. The van der Waals surface area contributed by atoms with Crippen LogP contribution in [-0.2, 0) is 16.0 Å². The van der Waals surface area contributed by atoms with Crippen molar-refractivity contribution in [1.29, 1.82) is 0 Å². The van der Waals surface area contributed by atoms with E-state index < -0.39 is 0 Å². The molecule has 5 heteroatoms. The third kappa shape index (κ3) is 4.29. The number of fused-ring (bicyclic) bond motifs is 1. The monoisotopic (exact) mass is 351 g/mol. The Balaban J connectivity index is 1.69. The fraction of sp³-hybridized carbons (Fsp3) is 0.333. The lowest BCUT2D eigenvalue weighted by atomic mass is 10.1. The summed E-state index contributed by atoms with van der Waals surface area (Å²) in [7, 11) is 1.96. The molecule has 0 unspecified atom stereocenters. The molecule has 0 bridgehead atoms. The van der Waals surface area contributed by atoms with Crippen LogP contribution in [0.3, 0.4) is 0 Å². The highest BCUT2D eigenvalue weighted by Crippen LogP contribution is 2.31. The molecule has 26 heavy (non-hydrogen) atoms. The topological polar surface area (TPSA) is 52.7 Å². The van der Waals surface area contributed by atoms with Gasteiger partial charge in [0.2, 0.25) is 11.8 Å². The quantitative estimate of drug-likeness (QED) is 0.901. The van der Waals surface area contributed by atoms with Crippen molar-refractivity contribution < 1.29 is 9.59 Å². The van der Waals surface area contributed by atoms with Crippen LogP contribution in [0, 0.1) is 0 Å². The molecule has 1 aliphatic rings. The summed E-state index contributed by atoms with van der Waals surface area (Å²) in [6.07, 6.45) is 1.20. The van der Waals surface area contributed by atoms with Gasteiger partial charge in [-0.3, -0.25) is 14.5 Å². The number of hydrogen-bond donors (Lipinski definition) is 1. The van der Waals surface area contributed by atoms with Crippen molar-refractivity contribution in [2.24, 2.45) is 0 Å². The van der Waals surface area contributed by atoms with Gasteiger partial charge in [-0.25, -0.2) is 0 Å². The van der Waals surface area contributed by atoms with Crippen LogP contribution in [0.2, 0.25) is 0 Å². The van der Waals surface area contributed by atoms with Gasteiger partial charge in [-0.15, -0.1) is 0 Å². The van der Waals surface area contributed by atoms with Crippen LogP contribution in [-0.4, -0.2) is 42.9 Å². The minimum Gasteiger partial charge on any atom is -0.324 e. The van der Waals surface area contributed by atoms with Gasteiger partial charge in [0.05, 0.1) is 17.9 Å². The van der Waals surface area contributed by atoms with Gasteiger partial charge in [-0.05, 0) is 38.1 Å². The van der Waals surface area contributed by atoms with Crippen molar-refractivity contribution in [3.05, 3.63) is 60.2 Å². The average Bonchev–Trinajstić information content (AvgIpc) is 2.75. The summed E-state index contributed by atoms with van der Waals surface area (Å²) in [5.74, 6) is -0.0466. The molecule has 136 valence electrons. The van der Waals surface area contributed by atoms with Crippen molar-refractivity contribution in [3.8, 4) is 0 Å². The van der Waals surface area contributed by atoms with Gasteiger partial charge in [-0.1, -0.05) is 42.5 Å². The van der Waals surface area contributed by atoms with Crippen molar-refractivity contribution in [2.45, 2.75) is 25.8 Å². The van der Waals surface area contributed by atoms with E-state index in [1.807, 2.05) is 61.3 Å². The average molecular weight is 351 g/mol. The third-order valence-electron chi connectivity index (χ3n) is 4.66. The zero-order valence-electron chi connectivity index (χ0n) is 15.3. The fourth-order valence-electron chi connectivity index (χ4n) is 3.32. The molecule has 2 aromatic carbocycles. The molecular formula is C21H25N3O2. The molecule has 5 nitrogen and oxygen atoms in total. The third-order valence-corrected chi connectivity index (χ3v) is 4.66. The van der Waals surface area contributed by atoms with Crippen LogP contribution in [0.25, 0.3) is 0 Å². The van der Waals surface area contributed by atoms with E-state index >= 15 is 0 Å². The van der Waals surface area contributed by atoms with E-state index in [0.29, 0.717) is 18.7 Å². The number of para-hydroxylation sites is 2. The van der Waals surface area contributed by atoms with Crippen LogP contribution >= 0.6 is 0 Å². The van der Waals surface area contributed by atoms with Crippen molar-refractivity contribution in [2.75, 3.05) is 30.4 Å². The van der Waals surface area contributed by atoms with E-state index in [2.05, 4.69) is 17.4 Å². The zero-order chi connectivity index (χ0) is 18.5. The predicted octanol–water partition coefficient (Wildman–Crippen LogP) is 2.92. The van der Waals surface area contributed by atoms with E-state index in [1.54, 1.807) is 4.90 Å². The fourth-order valence-corrected chi connectivity index (χ4v) is 3.32. The number of carbonyl (C=O) groups excluding carboxylic acids is 2. The molecule has 2 aromatic rings. The second kappa shape index (κ2) is 8.15. The second-order valence-electron chi connectivity index (χ2n) is 6.86. The van der Waals surface area contributed by atoms with E-state index in [0.717, 1.165) is 18.7 Å². The van der Waals surface area contributed by atoms with E-state index in [4.69, 9.17) is 0 Å². The Hall–Kier alpha value is -2.66. The summed E-state index contributed by atoms with van der Waals surface area (Å²) >= 11 is 0. The molecule has 1 atom stereocenters. The van der Waals surface area contributed by atoms with Gasteiger partial charge >= 0.3 is 0 Å². The normalized spacial score (nSPS) is 16.8. The standard InChI is InChI=1S/C21H25N3O2/c1-16-14-20(25)22-18-10-6-7-11-19(18)24(16)21(26)15-23(2)13-12-17-8-4-3-5-9-17/h3-11,16H,12-15H2,1-2H3,(H,22,25)/t16-/m1/s1. The number of anilines is 2. The largest absolute Gasteiger partial charge is 0.324 e. The van der Waals surface area contributed by atoms with Gasteiger partial charge in [0, 0.05) is 19.0 Å². The summed E-state index contributed by atoms with van der Waals surface area (Å²) in [5.41, 5.74) is 2.73. The highest BCUT2D eigenvalue weighted by Gasteiger charge is 2.29. The Bertz CT molecular complexity index is 776.